The van der Waals surface area contributed by atoms with Crippen molar-refractivity contribution in [2.24, 2.45) is 0 Å². The number of halogens is 2. The lowest BCUT2D eigenvalue weighted by Gasteiger charge is -2.15. The smallest absolute Gasteiger partial charge is 0.321 e. The first-order chi connectivity index (χ1) is 10.9. The summed E-state index contributed by atoms with van der Waals surface area (Å²) in [5.74, 6) is -1.64. The summed E-state index contributed by atoms with van der Waals surface area (Å²) in [6.45, 7) is 0.544. The van der Waals surface area contributed by atoms with Gasteiger partial charge in [0.15, 0.2) is 0 Å². The van der Waals surface area contributed by atoms with Gasteiger partial charge in [-0.25, -0.2) is 0 Å². The van der Waals surface area contributed by atoms with Crippen molar-refractivity contribution in [1.82, 2.24) is 5.32 Å². The zero-order valence-corrected chi connectivity index (χ0v) is 13.7. The molecule has 0 bridgehead atoms. The van der Waals surface area contributed by atoms with Gasteiger partial charge in [0.05, 0.1) is 37.0 Å². The molecular formula is C14H18Cl2N2O5. The number of amides is 1. The lowest BCUT2D eigenvalue weighted by Crippen LogP contribution is -2.41. The Labute approximate surface area is 143 Å². The first-order valence-corrected chi connectivity index (χ1v) is 7.59. The predicted octanol–water partition coefficient (Wildman–Crippen LogP) is 1.37. The number of aliphatic hydroxyl groups excluding tert-OH is 1. The number of benzene rings is 1. The van der Waals surface area contributed by atoms with Gasteiger partial charge >= 0.3 is 5.97 Å². The highest BCUT2D eigenvalue weighted by Gasteiger charge is 2.21. The summed E-state index contributed by atoms with van der Waals surface area (Å²) in [5.41, 5.74) is 0.358. The second-order valence-corrected chi connectivity index (χ2v) is 5.40. The summed E-state index contributed by atoms with van der Waals surface area (Å²) in [6, 6.07) is 3.52. The van der Waals surface area contributed by atoms with E-state index in [4.69, 9.17) is 38.2 Å². The molecule has 1 aromatic rings. The van der Waals surface area contributed by atoms with Crippen LogP contribution in [0.25, 0.3) is 0 Å². The second kappa shape index (κ2) is 10.4. The minimum Gasteiger partial charge on any atom is -0.480 e. The molecule has 9 heteroatoms. The van der Waals surface area contributed by atoms with Crippen LogP contribution in [0.2, 0.25) is 10.0 Å². The Morgan fingerprint density at radius 3 is 2.61 bits per heavy atom. The van der Waals surface area contributed by atoms with Crippen molar-refractivity contribution in [2.45, 2.75) is 12.5 Å². The van der Waals surface area contributed by atoms with E-state index in [9.17, 15) is 9.59 Å². The zero-order valence-electron chi connectivity index (χ0n) is 12.2. The molecule has 23 heavy (non-hydrogen) atoms. The van der Waals surface area contributed by atoms with Crippen LogP contribution in [0.1, 0.15) is 6.42 Å². The Balaban J connectivity index is 2.48. The molecule has 0 radical (unpaired) electrons. The minimum absolute atomic E-state index is 0.105. The molecule has 0 saturated heterocycles. The Bertz CT molecular complexity index is 542. The molecule has 1 aromatic carbocycles. The Hall–Kier alpha value is -1.38. The monoisotopic (exact) mass is 364 g/mol. The molecular weight excluding hydrogens is 347 g/mol. The van der Waals surface area contributed by atoms with Gasteiger partial charge in [0.2, 0.25) is 5.91 Å². The summed E-state index contributed by atoms with van der Waals surface area (Å²) < 4.78 is 5.00. The van der Waals surface area contributed by atoms with E-state index >= 15 is 0 Å². The van der Waals surface area contributed by atoms with Crippen LogP contribution in [0.15, 0.2) is 18.2 Å². The number of nitrogens with one attached hydrogen (secondary N) is 2. The summed E-state index contributed by atoms with van der Waals surface area (Å²) in [6.07, 6.45) is -0.270. The van der Waals surface area contributed by atoms with Gasteiger partial charge < -0.3 is 25.6 Å². The number of carboxylic acid groups (broad SMARTS) is 1. The van der Waals surface area contributed by atoms with Crippen LogP contribution >= 0.6 is 23.2 Å². The van der Waals surface area contributed by atoms with E-state index in [-0.39, 0.29) is 37.8 Å². The molecule has 7 nitrogen and oxygen atoms in total. The summed E-state index contributed by atoms with van der Waals surface area (Å²) in [4.78, 5) is 23.1. The number of aliphatic carboxylic acids is 1. The maximum Gasteiger partial charge on any atom is 0.321 e. The Morgan fingerprint density at radius 2 is 2.00 bits per heavy atom. The van der Waals surface area contributed by atoms with Crippen LogP contribution in [-0.2, 0) is 14.3 Å². The van der Waals surface area contributed by atoms with Crippen LogP contribution in [0.3, 0.4) is 0 Å². The molecule has 0 aromatic heterocycles. The lowest BCUT2D eigenvalue weighted by molar-refractivity contribution is -0.141. The van der Waals surface area contributed by atoms with Gasteiger partial charge in [0, 0.05) is 11.6 Å². The van der Waals surface area contributed by atoms with Gasteiger partial charge in [0.25, 0.3) is 0 Å². The van der Waals surface area contributed by atoms with Crippen molar-refractivity contribution < 1.29 is 24.5 Å². The molecule has 128 valence electrons. The van der Waals surface area contributed by atoms with Crippen LogP contribution in [-0.4, -0.2) is 54.5 Å². The molecule has 0 saturated carbocycles. The Kier molecular flexibility index (Phi) is 8.90. The molecule has 0 fully saturated rings. The lowest BCUT2D eigenvalue weighted by atomic mass is 10.2. The maximum absolute atomic E-state index is 11.9. The highest BCUT2D eigenvalue weighted by atomic mass is 35.5. The molecule has 4 N–H and O–H groups in total. The van der Waals surface area contributed by atoms with Gasteiger partial charge in [0.1, 0.15) is 6.04 Å². The van der Waals surface area contributed by atoms with Crippen molar-refractivity contribution in [3.05, 3.63) is 28.2 Å². The molecule has 1 atom stereocenters. The van der Waals surface area contributed by atoms with E-state index in [1.165, 1.54) is 12.1 Å². The standard InChI is InChI=1S/C14H18Cl2N2O5/c15-9-1-2-11(10(16)7-9)18-13(20)8-12(14(21)22)17-3-5-23-6-4-19/h1-2,7,12,17,19H,3-6,8H2,(H,18,20)(H,21,22)/t12-/m1/s1. The van der Waals surface area contributed by atoms with Gasteiger partial charge in [-0.15, -0.1) is 0 Å². The average Bonchev–Trinajstić information content (AvgIpc) is 2.48. The normalized spacial score (nSPS) is 12.0. The summed E-state index contributed by atoms with van der Waals surface area (Å²) in [7, 11) is 0. The van der Waals surface area contributed by atoms with E-state index in [2.05, 4.69) is 10.6 Å². The molecule has 1 amide bonds. The summed E-state index contributed by atoms with van der Waals surface area (Å²) >= 11 is 11.7. The molecule has 0 heterocycles. The van der Waals surface area contributed by atoms with E-state index in [0.29, 0.717) is 10.7 Å². The first-order valence-electron chi connectivity index (χ1n) is 6.83. The predicted molar refractivity (Wildman–Crippen MR) is 87.0 cm³/mol. The number of anilines is 1. The third kappa shape index (κ3) is 7.62. The van der Waals surface area contributed by atoms with Crippen LogP contribution in [0.5, 0.6) is 0 Å². The molecule has 0 aliphatic carbocycles. The number of hydrogen-bond acceptors (Lipinski definition) is 5. The van der Waals surface area contributed by atoms with Crippen molar-refractivity contribution in [1.29, 1.82) is 0 Å². The van der Waals surface area contributed by atoms with Gasteiger partial charge in [-0.1, -0.05) is 23.2 Å². The number of ether oxygens (including phenoxy) is 1. The third-order valence-electron chi connectivity index (χ3n) is 2.77. The number of carbonyl (C=O) groups is 2. The fraction of sp³-hybridized carbons (Fsp3) is 0.429. The van der Waals surface area contributed by atoms with E-state index < -0.39 is 17.9 Å². The van der Waals surface area contributed by atoms with Crippen molar-refractivity contribution in [3.8, 4) is 0 Å². The highest BCUT2D eigenvalue weighted by molar-refractivity contribution is 6.36. The van der Waals surface area contributed by atoms with E-state index in [1.54, 1.807) is 6.07 Å². The van der Waals surface area contributed by atoms with Gasteiger partial charge in [-0.3, -0.25) is 9.59 Å². The van der Waals surface area contributed by atoms with Crippen molar-refractivity contribution in [2.75, 3.05) is 31.7 Å². The SMILES string of the molecule is O=C(C[C@@H](NCCOCCO)C(=O)O)Nc1ccc(Cl)cc1Cl. The van der Waals surface area contributed by atoms with Crippen LogP contribution in [0, 0.1) is 0 Å². The number of carboxylic acids is 1. The highest BCUT2D eigenvalue weighted by Crippen LogP contribution is 2.25. The third-order valence-corrected chi connectivity index (χ3v) is 3.31. The maximum atomic E-state index is 11.9. The zero-order chi connectivity index (χ0) is 17.2. The topological polar surface area (TPSA) is 108 Å². The number of aliphatic hydroxyl groups is 1. The van der Waals surface area contributed by atoms with Crippen molar-refractivity contribution >= 4 is 40.8 Å². The molecule has 0 aliphatic rings. The molecule has 0 spiro atoms. The first kappa shape index (κ1) is 19.7. The van der Waals surface area contributed by atoms with Crippen LogP contribution < -0.4 is 10.6 Å². The number of carbonyl (C=O) groups excluding carboxylic acids is 1. The molecule has 0 unspecified atom stereocenters. The van der Waals surface area contributed by atoms with Gasteiger partial charge in [-0.05, 0) is 18.2 Å². The average molecular weight is 365 g/mol. The van der Waals surface area contributed by atoms with Crippen LogP contribution in [0.4, 0.5) is 5.69 Å². The largest absolute Gasteiger partial charge is 0.480 e. The second-order valence-electron chi connectivity index (χ2n) is 4.56. The summed E-state index contributed by atoms with van der Waals surface area (Å²) in [5, 5.41) is 23.6. The fourth-order valence-corrected chi connectivity index (χ4v) is 2.15. The molecule has 0 aliphatic heterocycles. The fourth-order valence-electron chi connectivity index (χ4n) is 1.70. The minimum atomic E-state index is -1.15. The Morgan fingerprint density at radius 1 is 1.26 bits per heavy atom. The van der Waals surface area contributed by atoms with E-state index in [0.717, 1.165) is 0 Å². The molecule has 1 rings (SSSR count). The van der Waals surface area contributed by atoms with Crippen molar-refractivity contribution in [3.63, 3.8) is 0 Å². The number of hydrogen-bond donors (Lipinski definition) is 4. The van der Waals surface area contributed by atoms with E-state index in [1.807, 2.05) is 0 Å². The van der Waals surface area contributed by atoms with Gasteiger partial charge in [-0.2, -0.15) is 0 Å². The number of rotatable bonds is 10. The quantitative estimate of drug-likeness (QED) is 0.467.